The maximum absolute atomic E-state index is 12.3. The minimum absolute atomic E-state index is 0.134. The van der Waals surface area contributed by atoms with Crippen LogP contribution < -0.4 is 25.1 Å². The SMILES string of the molecule is C=COc1ccc(NCc2cc3cc4c(cc3[nH]c2=O)OCO4)cc1. The van der Waals surface area contributed by atoms with Gasteiger partial charge in [0.2, 0.25) is 6.79 Å². The lowest BCUT2D eigenvalue weighted by Crippen LogP contribution is -2.15. The van der Waals surface area contributed by atoms with Crippen molar-refractivity contribution in [2.24, 2.45) is 0 Å². The molecule has 6 nitrogen and oxygen atoms in total. The Bertz CT molecular complexity index is 993. The van der Waals surface area contributed by atoms with Crippen molar-refractivity contribution in [2.45, 2.75) is 6.54 Å². The van der Waals surface area contributed by atoms with Gasteiger partial charge in [-0.05, 0) is 36.4 Å². The minimum Gasteiger partial charge on any atom is -0.466 e. The van der Waals surface area contributed by atoms with Crippen LogP contribution in [-0.4, -0.2) is 11.8 Å². The lowest BCUT2D eigenvalue weighted by atomic mass is 10.1. The van der Waals surface area contributed by atoms with Gasteiger partial charge in [-0.1, -0.05) is 6.58 Å². The van der Waals surface area contributed by atoms with E-state index in [-0.39, 0.29) is 12.4 Å². The molecule has 0 spiro atoms. The Labute approximate surface area is 143 Å². The largest absolute Gasteiger partial charge is 0.466 e. The Hall–Kier alpha value is -3.41. The number of aromatic nitrogens is 1. The average Bonchev–Trinajstić information content (AvgIpc) is 3.07. The first-order chi connectivity index (χ1) is 12.2. The Balaban J connectivity index is 1.56. The molecule has 1 aromatic heterocycles. The predicted molar refractivity (Wildman–Crippen MR) is 95.3 cm³/mol. The molecule has 0 unspecified atom stereocenters. The average molecular weight is 336 g/mol. The summed E-state index contributed by atoms with van der Waals surface area (Å²) >= 11 is 0. The van der Waals surface area contributed by atoms with E-state index in [0.29, 0.717) is 29.4 Å². The van der Waals surface area contributed by atoms with Crippen molar-refractivity contribution in [3.8, 4) is 17.2 Å². The summed E-state index contributed by atoms with van der Waals surface area (Å²) in [6, 6.07) is 12.9. The molecule has 2 aromatic carbocycles. The summed E-state index contributed by atoms with van der Waals surface area (Å²) in [4.78, 5) is 15.2. The predicted octanol–water partition coefficient (Wildman–Crippen LogP) is 3.39. The number of hydrogen-bond acceptors (Lipinski definition) is 5. The van der Waals surface area contributed by atoms with E-state index >= 15 is 0 Å². The smallest absolute Gasteiger partial charge is 0.253 e. The fraction of sp³-hybridized carbons (Fsp3) is 0.105. The van der Waals surface area contributed by atoms with Crippen molar-refractivity contribution in [3.63, 3.8) is 0 Å². The maximum atomic E-state index is 12.3. The van der Waals surface area contributed by atoms with Crippen LogP contribution in [0.3, 0.4) is 0 Å². The van der Waals surface area contributed by atoms with Gasteiger partial charge in [-0.25, -0.2) is 0 Å². The topological polar surface area (TPSA) is 72.6 Å². The van der Waals surface area contributed by atoms with E-state index < -0.39 is 0 Å². The van der Waals surface area contributed by atoms with Gasteiger partial charge in [-0.15, -0.1) is 0 Å². The molecule has 0 fully saturated rings. The van der Waals surface area contributed by atoms with Gasteiger partial charge in [-0.2, -0.15) is 0 Å². The van der Waals surface area contributed by atoms with Crippen molar-refractivity contribution in [1.29, 1.82) is 0 Å². The highest BCUT2D eigenvalue weighted by molar-refractivity contribution is 5.83. The molecular weight excluding hydrogens is 320 g/mol. The second-order valence-corrected chi connectivity index (χ2v) is 5.58. The zero-order chi connectivity index (χ0) is 17.2. The van der Waals surface area contributed by atoms with Crippen LogP contribution in [0.2, 0.25) is 0 Å². The fourth-order valence-electron chi connectivity index (χ4n) is 2.72. The van der Waals surface area contributed by atoms with Gasteiger partial charge in [-0.3, -0.25) is 4.79 Å². The second kappa shape index (κ2) is 6.24. The number of rotatable bonds is 5. The number of H-pyrrole nitrogens is 1. The summed E-state index contributed by atoms with van der Waals surface area (Å²) < 4.78 is 15.9. The maximum Gasteiger partial charge on any atom is 0.253 e. The van der Waals surface area contributed by atoms with E-state index in [1.165, 1.54) is 6.26 Å². The lowest BCUT2D eigenvalue weighted by molar-refractivity contribution is 0.174. The molecule has 0 bridgehead atoms. The first-order valence-corrected chi connectivity index (χ1v) is 7.80. The van der Waals surface area contributed by atoms with Crippen molar-refractivity contribution >= 4 is 16.6 Å². The zero-order valence-corrected chi connectivity index (χ0v) is 13.4. The molecule has 0 aliphatic carbocycles. The van der Waals surface area contributed by atoms with Crippen LogP contribution in [0.25, 0.3) is 10.9 Å². The van der Waals surface area contributed by atoms with Crippen LogP contribution in [0.4, 0.5) is 5.69 Å². The van der Waals surface area contributed by atoms with Crippen LogP contribution in [0.5, 0.6) is 17.2 Å². The fourth-order valence-corrected chi connectivity index (χ4v) is 2.72. The molecule has 6 heteroatoms. The Morgan fingerprint density at radius 3 is 2.68 bits per heavy atom. The number of pyridine rings is 1. The monoisotopic (exact) mass is 336 g/mol. The van der Waals surface area contributed by atoms with E-state index in [4.69, 9.17) is 14.2 Å². The zero-order valence-electron chi connectivity index (χ0n) is 13.4. The van der Waals surface area contributed by atoms with Gasteiger partial charge in [0.05, 0.1) is 11.8 Å². The van der Waals surface area contributed by atoms with Crippen molar-refractivity contribution in [2.75, 3.05) is 12.1 Å². The van der Waals surface area contributed by atoms with Crippen molar-refractivity contribution < 1.29 is 14.2 Å². The van der Waals surface area contributed by atoms with Crippen LogP contribution in [0.1, 0.15) is 5.56 Å². The lowest BCUT2D eigenvalue weighted by Gasteiger charge is -2.08. The number of nitrogens with one attached hydrogen (secondary N) is 2. The molecule has 2 N–H and O–H groups in total. The van der Waals surface area contributed by atoms with E-state index in [0.717, 1.165) is 16.6 Å². The van der Waals surface area contributed by atoms with Crippen LogP contribution in [0, 0.1) is 0 Å². The molecule has 2 heterocycles. The molecule has 0 atom stereocenters. The molecule has 1 aliphatic rings. The molecule has 0 saturated heterocycles. The van der Waals surface area contributed by atoms with E-state index in [1.807, 2.05) is 36.4 Å². The highest BCUT2D eigenvalue weighted by Crippen LogP contribution is 2.35. The van der Waals surface area contributed by atoms with Crippen LogP contribution in [0.15, 0.2) is 60.1 Å². The van der Waals surface area contributed by atoms with Gasteiger partial charge in [0.15, 0.2) is 11.5 Å². The summed E-state index contributed by atoms with van der Waals surface area (Å²) in [7, 11) is 0. The van der Waals surface area contributed by atoms with Crippen LogP contribution in [-0.2, 0) is 6.54 Å². The molecule has 0 amide bonds. The number of benzene rings is 2. The molecular formula is C19H16N2O4. The van der Waals surface area contributed by atoms with Gasteiger partial charge >= 0.3 is 0 Å². The van der Waals surface area contributed by atoms with Gasteiger partial charge in [0, 0.05) is 29.2 Å². The van der Waals surface area contributed by atoms with Crippen molar-refractivity contribution in [1.82, 2.24) is 4.98 Å². The Kier molecular flexibility index (Phi) is 3.78. The third-order valence-electron chi connectivity index (χ3n) is 3.97. The molecule has 3 aromatic rings. The quantitative estimate of drug-likeness (QED) is 0.699. The standard InChI is InChI=1S/C19H16N2O4/c1-2-23-15-5-3-14(4-6-15)20-10-13-7-12-8-17-18(25-11-24-17)9-16(12)21-19(13)22/h2-9,20H,1,10-11H2,(H,21,22). The number of ether oxygens (including phenoxy) is 3. The molecule has 126 valence electrons. The van der Waals surface area contributed by atoms with E-state index in [2.05, 4.69) is 16.9 Å². The molecule has 1 aliphatic heterocycles. The van der Waals surface area contributed by atoms with E-state index in [1.54, 1.807) is 6.07 Å². The molecule has 4 rings (SSSR count). The third-order valence-corrected chi connectivity index (χ3v) is 3.97. The number of hydrogen-bond donors (Lipinski definition) is 2. The van der Waals surface area contributed by atoms with Crippen LogP contribution >= 0.6 is 0 Å². The first kappa shape index (κ1) is 15.1. The first-order valence-electron chi connectivity index (χ1n) is 7.80. The summed E-state index contributed by atoms with van der Waals surface area (Å²) in [5.41, 5.74) is 2.12. The van der Waals surface area contributed by atoms with E-state index in [9.17, 15) is 4.79 Å². The summed E-state index contributed by atoms with van der Waals surface area (Å²) in [6.45, 7) is 4.13. The highest BCUT2D eigenvalue weighted by Gasteiger charge is 2.15. The Morgan fingerprint density at radius 1 is 1.16 bits per heavy atom. The normalized spacial score (nSPS) is 12.2. The number of aromatic amines is 1. The highest BCUT2D eigenvalue weighted by atomic mass is 16.7. The number of anilines is 1. The molecule has 0 radical (unpaired) electrons. The molecule has 0 saturated carbocycles. The van der Waals surface area contributed by atoms with Gasteiger partial charge in [0.1, 0.15) is 5.75 Å². The van der Waals surface area contributed by atoms with Gasteiger partial charge < -0.3 is 24.5 Å². The summed E-state index contributed by atoms with van der Waals surface area (Å²) in [5.74, 6) is 2.05. The summed E-state index contributed by atoms with van der Waals surface area (Å²) in [6.07, 6.45) is 1.38. The minimum atomic E-state index is -0.134. The third kappa shape index (κ3) is 3.01. The number of fused-ring (bicyclic) bond motifs is 2. The van der Waals surface area contributed by atoms with Gasteiger partial charge in [0.25, 0.3) is 5.56 Å². The summed E-state index contributed by atoms with van der Waals surface area (Å²) in [5, 5.41) is 4.13. The second-order valence-electron chi connectivity index (χ2n) is 5.58. The van der Waals surface area contributed by atoms with Crippen molar-refractivity contribution in [3.05, 3.63) is 71.2 Å². The Morgan fingerprint density at radius 2 is 1.92 bits per heavy atom. The molecule has 25 heavy (non-hydrogen) atoms.